The van der Waals surface area contributed by atoms with Gasteiger partial charge in [-0.1, -0.05) is 6.92 Å². The predicted octanol–water partition coefficient (Wildman–Crippen LogP) is -1.48. The monoisotopic (exact) mass is 230 g/mol. The molecular weight excluding hydrogens is 208 g/mol. The number of hydrogen-bond acceptors (Lipinski definition) is 4. The molecule has 0 atom stereocenters. The van der Waals surface area contributed by atoms with Crippen molar-refractivity contribution >= 4 is 11.8 Å². The van der Waals surface area contributed by atoms with Gasteiger partial charge in [-0.3, -0.25) is 14.5 Å². The second-order valence-corrected chi connectivity index (χ2v) is 3.66. The van der Waals surface area contributed by atoms with Gasteiger partial charge in [0.2, 0.25) is 11.8 Å². The van der Waals surface area contributed by atoms with E-state index in [4.69, 9.17) is 5.73 Å². The number of hydrogen-bond donors (Lipinski definition) is 3. The zero-order chi connectivity index (χ0) is 12.4. The van der Waals surface area contributed by atoms with Gasteiger partial charge in [-0.05, 0) is 13.5 Å². The Hall–Kier alpha value is -1.14. The fourth-order valence-corrected chi connectivity index (χ4v) is 1.13. The number of carbonyl (C=O) groups is 2. The van der Waals surface area contributed by atoms with Crippen LogP contribution in [0.5, 0.6) is 0 Å². The Kier molecular flexibility index (Phi) is 8.46. The van der Waals surface area contributed by atoms with Crippen LogP contribution >= 0.6 is 0 Å². The highest BCUT2D eigenvalue weighted by Gasteiger charge is 2.09. The van der Waals surface area contributed by atoms with Crippen LogP contribution in [-0.4, -0.2) is 56.5 Å². The summed E-state index contributed by atoms with van der Waals surface area (Å²) < 4.78 is 0. The van der Waals surface area contributed by atoms with Crippen molar-refractivity contribution in [3.8, 4) is 0 Å². The molecular formula is C10H22N4O2. The normalized spacial score (nSPS) is 10.2. The Morgan fingerprint density at radius 3 is 2.06 bits per heavy atom. The van der Waals surface area contributed by atoms with Crippen LogP contribution in [0.3, 0.4) is 0 Å². The van der Waals surface area contributed by atoms with Crippen molar-refractivity contribution in [1.82, 2.24) is 15.5 Å². The first kappa shape index (κ1) is 14.9. The van der Waals surface area contributed by atoms with Crippen LogP contribution in [0, 0.1) is 0 Å². The van der Waals surface area contributed by atoms with Crippen molar-refractivity contribution in [2.75, 3.05) is 39.8 Å². The van der Waals surface area contributed by atoms with Gasteiger partial charge >= 0.3 is 0 Å². The summed E-state index contributed by atoms with van der Waals surface area (Å²) in [5, 5.41) is 5.39. The summed E-state index contributed by atoms with van der Waals surface area (Å²) in [6.45, 7) is 3.99. The molecule has 2 amide bonds. The molecule has 0 heterocycles. The minimum Gasteiger partial charge on any atom is -0.355 e. The molecule has 0 saturated heterocycles. The van der Waals surface area contributed by atoms with Crippen molar-refractivity contribution in [3.63, 3.8) is 0 Å². The van der Waals surface area contributed by atoms with Gasteiger partial charge in [-0.25, -0.2) is 0 Å². The average Bonchev–Trinajstić information content (AvgIpc) is 2.23. The molecule has 0 rings (SSSR count). The zero-order valence-corrected chi connectivity index (χ0v) is 10.1. The highest BCUT2D eigenvalue weighted by molar-refractivity contribution is 5.81. The van der Waals surface area contributed by atoms with Crippen LogP contribution in [0.25, 0.3) is 0 Å². The molecule has 0 aromatic heterocycles. The lowest BCUT2D eigenvalue weighted by molar-refractivity contribution is -0.124. The average molecular weight is 230 g/mol. The van der Waals surface area contributed by atoms with Crippen molar-refractivity contribution in [3.05, 3.63) is 0 Å². The highest BCUT2D eigenvalue weighted by atomic mass is 16.2. The Morgan fingerprint density at radius 1 is 1.12 bits per heavy atom. The summed E-state index contributed by atoms with van der Waals surface area (Å²) in [7, 11) is 1.73. The molecule has 0 bridgehead atoms. The first-order valence-electron chi connectivity index (χ1n) is 5.52. The molecule has 6 heteroatoms. The number of nitrogens with two attached hydrogens (primary N) is 1. The van der Waals surface area contributed by atoms with Crippen LogP contribution in [0.1, 0.15) is 13.3 Å². The largest absolute Gasteiger partial charge is 0.355 e. The third kappa shape index (κ3) is 8.19. The van der Waals surface area contributed by atoms with Crippen molar-refractivity contribution in [2.45, 2.75) is 13.3 Å². The Morgan fingerprint density at radius 2 is 1.62 bits per heavy atom. The highest BCUT2D eigenvalue weighted by Crippen LogP contribution is 1.82. The third-order valence-electron chi connectivity index (χ3n) is 1.87. The molecule has 94 valence electrons. The maximum atomic E-state index is 11.3. The van der Waals surface area contributed by atoms with Crippen LogP contribution in [0.15, 0.2) is 0 Å². The van der Waals surface area contributed by atoms with E-state index < -0.39 is 0 Å². The number of carbonyl (C=O) groups excluding carboxylic acids is 2. The topological polar surface area (TPSA) is 87.5 Å². The Bertz CT molecular complexity index is 199. The molecule has 0 unspecified atom stereocenters. The van der Waals surface area contributed by atoms with Gasteiger partial charge in [0.05, 0.1) is 13.1 Å². The van der Waals surface area contributed by atoms with Gasteiger partial charge in [-0.2, -0.15) is 0 Å². The van der Waals surface area contributed by atoms with Gasteiger partial charge < -0.3 is 16.4 Å². The number of amides is 2. The second kappa shape index (κ2) is 9.11. The molecule has 0 aliphatic heterocycles. The van der Waals surface area contributed by atoms with E-state index in [9.17, 15) is 9.59 Å². The maximum absolute atomic E-state index is 11.3. The summed E-state index contributed by atoms with van der Waals surface area (Å²) in [6.07, 6.45) is 0.909. The molecule has 0 aliphatic carbocycles. The number of nitrogens with one attached hydrogen (secondary N) is 2. The van der Waals surface area contributed by atoms with E-state index in [0.717, 1.165) is 6.42 Å². The minimum atomic E-state index is -0.115. The molecule has 0 aromatic rings. The molecule has 16 heavy (non-hydrogen) atoms. The fraction of sp³-hybridized carbons (Fsp3) is 0.800. The number of nitrogens with zero attached hydrogens (tertiary/aromatic N) is 1. The molecule has 0 aliphatic rings. The molecule has 0 saturated carbocycles. The van der Waals surface area contributed by atoms with Gasteiger partial charge in [0.25, 0.3) is 0 Å². The Labute approximate surface area is 96.5 Å². The maximum Gasteiger partial charge on any atom is 0.234 e. The predicted molar refractivity (Wildman–Crippen MR) is 62.9 cm³/mol. The molecule has 6 nitrogen and oxygen atoms in total. The van der Waals surface area contributed by atoms with E-state index >= 15 is 0 Å². The van der Waals surface area contributed by atoms with Gasteiger partial charge in [0.15, 0.2) is 0 Å². The van der Waals surface area contributed by atoms with Crippen LogP contribution in [0.2, 0.25) is 0 Å². The summed E-state index contributed by atoms with van der Waals surface area (Å²) >= 11 is 0. The zero-order valence-electron chi connectivity index (χ0n) is 10.1. The summed E-state index contributed by atoms with van der Waals surface area (Å²) in [6, 6.07) is 0. The minimum absolute atomic E-state index is 0.0593. The van der Waals surface area contributed by atoms with Gasteiger partial charge in [-0.15, -0.1) is 0 Å². The summed E-state index contributed by atoms with van der Waals surface area (Å²) in [4.78, 5) is 24.2. The molecule has 0 aromatic carbocycles. The van der Waals surface area contributed by atoms with Crippen molar-refractivity contribution in [1.29, 1.82) is 0 Å². The summed E-state index contributed by atoms with van der Waals surface area (Å²) in [5.41, 5.74) is 5.25. The fourth-order valence-electron chi connectivity index (χ4n) is 1.13. The molecule has 4 N–H and O–H groups in total. The second-order valence-electron chi connectivity index (χ2n) is 3.66. The quantitative estimate of drug-likeness (QED) is 0.474. The molecule has 0 radical (unpaired) electrons. The van der Waals surface area contributed by atoms with E-state index in [1.807, 2.05) is 6.92 Å². The van der Waals surface area contributed by atoms with E-state index in [1.54, 1.807) is 11.9 Å². The van der Waals surface area contributed by atoms with Crippen molar-refractivity contribution < 1.29 is 9.59 Å². The first-order chi connectivity index (χ1) is 7.60. The van der Waals surface area contributed by atoms with Gasteiger partial charge in [0, 0.05) is 19.6 Å². The van der Waals surface area contributed by atoms with Crippen molar-refractivity contribution in [2.24, 2.45) is 5.73 Å². The van der Waals surface area contributed by atoms with Gasteiger partial charge in [0.1, 0.15) is 0 Å². The lowest BCUT2D eigenvalue weighted by Gasteiger charge is -2.15. The van der Waals surface area contributed by atoms with E-state index in [2.05, 4.69) is 10.6 Å². The van der Waals surface area contributed by atoms with Crippen LogP contribution in [0.4, 0.5) is 0 Å². The third-order valence-corrected chi connectivity index (χ3v) is 1.87. The lowest BCUT2D eigenvalue weighted by Crippen LogP contribution is -2.41. The number of likely N-dealkylation sites (N-methyl/N-ethyl adjacent to an activating group) is 1. The van der Waals surface area contributed by atoms with Crippen LogP contribution in [-0.2, 0) is 9.59 Å². The van der Waals surface area contributed by atoms with E-state index in [-0.39, 0.29) is 24.9 Å². The summed E-state index contributed by atoms with van der Waals surface area (Å²) in [5.74, 6) is -0.174. The SMILES string of the molecule is CCCNC(=O)CN(C)CC(=O)NCCN. The number of rotatable bonds is 8. The first-order valence-corrected chi connectivity index (χ1v) is 5.52. The molecule has 0 spiro atoms. The lowest BCUT2D eigenvalue weighted by atomic mass is 10.4. The van der Waals surface area contributed by atoms with E-state index in [1.165, 1.54) is 0 Å². The van der Waals surface area contributed by atoms with E-state index in [0.29, 0.717) is 19.6 Å². The molecule has 0 fully saturated rings. The smallest absolute Gasteiger partial charge is 0.234 e. The standard InChI is InChI=1S/C10H22N4O2/c1-3-5-12-9(15)7-14(2)8-10(16)13-6-4-11/h3-8,11H2,1-2H3,(H,12,15)(H,13,16). The van der Waals surface area contributed by atoms with Crippen LogP contribution < -0.4 is 16.4 Å². The Balaban J connectivity index is 3.67.